The predicted octanol–water partition coefficient (Wildman–Crippen LogP) is -0.983. The van der Waals surface area contributed by atoms with Gasteiger partial charge in [0.2, 0.25) is 0 Å². The van der Waals surface area contributed by atoms with E-state index in [9.17, 15) is 0 Å². The van der Waals surface area contributed by atoms with E-state index < -0.39 is 0 Å². The molecular weight excluding hydrogens is 263 g/mol. The molecule has 1 fully saturated rings. The van der Waals surface area contributed by atoms with Crippen LogP contribution in [-0.4, -0.2) is 31.4 Å². The lowest BCUT2D eigenvalue weighted by molar-refractivity contribution is -0.877. The quantitative estimate of drug-likeness (QED) is 0.333. The molecule has 1 saturated carbocycles. The summed E-state index contributed by atoms with van der Waals surface area (Å²) in [7, 11) is 6.34. The van der Waals surface area contributed by atoms with Crippen LogP contribution >= 0.6 is 0 Å². The van der Waals surface area contributed by atoms with Gasteiger partial charge in [0.25, 0.3) is 0 Å². The standard InChI is InChI=1S/C9H19N2.HI/c1-11(2,3)10-9-7-5-4-6-8-9;/h4-8H2,1-3H3;1H/q+1;/p-1. The van der Waals surface area contributed by atoms with Gasteiger partial charge in [-0.25, -0.2) is 4.59 Å². The van der Waals surface area contributed by atoms with Crippen LogP contribution in [0.1, 0.15) is 32.1 Å². The molecule has 1 aliphatic rings. The molecule has 1 rings (SSSR count). The lowest BCUT2D eigenvalue weighted by Crippen LogP contribution is -3.00. The van der Waals surface area contributed by atoms with Gasteiger partial charge in [-0.1, -0.05) is 11.5 Å². The van der Waals surface area contributed by atoms with Crippen LogP contribution in [0, 0.1) is 0 Å². The Morgan fingerprint density at radius 3 is 1.92 bits per heavy atom. The molecule has 0 aromatic heterocycles. The first kappa shape index (κ1) is 12.4. The Morgan fingerprint density at radius 1 is 1.00 bits per heavy atom. The zero-order valence-corrected chi connectivity index (χ0v) is 10.5. The molecule has 0 amide bonds. The Bertz CT molecular complexity index is 150. The normalized spacial score (nSPS) is 18.4. The molecule has 12 heavy (non-hydrogen) atoms. The highest BCUT2D eigenvalue weighted by Crippen LogP contribution is 2.15. The van der Waals surface area contributed by atoms with Crippen molar-refractivity contribution in [1.29, 1.82) is 0 Å². The summed E-state index contributed by atoms with van der Waals surface area (Å²) in [6.45, 7) is 0. The van der Waals surface area contributed by atoms with E-state index in [0.29, 0.717) is 0 Å². The van der Waals surface area contributed by atoms with Crippen molar-refractivity contribution in [2.75, 3.05) is 21.1 Å². The summed E-state index contributed by atoms with van der Waals surface area (Å²) in [5.74, 6) is 0. The minimum Gasteiger partial charge on any atom is -1.00 e. The minimum atomic E-state index is 0. The molecule has 2 nitrogen and oxygen atoms in total. The molecule has 0 heterocycles. The van der Waals surface area contributed by atoms with Gasteiger partial charge in [0.1, 0.15) is 0 Å². The van der Waals surface area contributed by atoms with Crippen molar-refractivity contribution in [3.63, 3.8) is 0 Å². The monoisotopic (exact) mass is 282 g/mol. The molecule has 1 aliphatic carbocycles. The van der Waals surface area contributed by atoms with Crippen LogP contribution < -0.4 is 24.0 Å². The van der Waals surface area contributed by atoms with Crippen LogP contribution in [0.3, 0.4) is 0 Å². The number of quaternary nitrogens is 1. The molecule has 0 atom stereocenters. The first-order chi connectivity index (χ1) is 5.08. The maximum atomic E-state index is 4.62. The number of hydrogen-bond donors (Lipinski definition) is 0. The molecule has 0 aliphatic heterocycles. The van der Waals surface area contributed by atoms with E-state index in [1.165, 1.54) is 37.8 Å². The third-order valence-corrected chi connectivity index (χ3v) is 1.87. The number of rotatable bonds is 1. The highest BCUT2D eigenvalue weighted by molar-refractivity contribution is 5.84. The third kappa shape index (κ3) is 5.09. The fraction of sp³-hybridized carbons (Fsp3) is 0.889. The lowest BCUT2D eigenvalue weighted by Gasteiger charge is -2.19. The smallest absolute Gasteiger partial charge is 0.0923 e. The Hall–Kier alpha value is 0.360. The van der Waals surface area contributed by atoms with Crippen LogP contribution in [-0.2, 0) is 0 Å². The van der Waals surface area contributed by atoms with E-state index in [-0.39, 0.29) is 24.0 Å². The Kier molecular flexibility index (Phi) is 5.32. The van der Waals surface area contributed by atoms with Crippen molar-refractivity contribution in [3.8, 4) is 0 Å². The highest BCUT2D eigenvalue weighted by Gasteiger charge is 2.12. The van der Waals surface area contributed by atoms with Gasteiger partial charge in [-0.3, -0.25) is 0 Å². The van der Waals surface area contributed by atoms with Gasteiger partial charge in [0, 0.05) is 0 Å². The third-order valence-electron chi connectivity index (χ3n) is 1.87. The number of nitrogens with zero attached hydrogens (tertiary/aromatic N) is 2. The summed E-state index contributed by atoms with van der Waals surface area (Å²) in [4.78, 5) is 0. The first-order valence-electron chi connectivity index (χ1n) is 4.47. The molecule has 0 saturated heterocycles. The zero-order chi connectivity index (χ0) is 8.32. The van der Waals surface area contributed by atoms with Crippen LogP contribution in [0.2, 0.25) is 0 Å². The van der Waals surface area contributed by atoms with E-state index in [0.717, 1.165) is 4.59 Å². The average molecular weight is 282 g/mol. The van der Waals surface area contributed by atoms with Gasteiger partial charge >= 0.3 is 0 Å². The van der Waals surface area contributed by atoms with Crippen molar-refractivity contribution in [2.45, 2.75) is 32.1 Å². The van der Waals surface area contributed by atoms with Gasteiger partial charge < -0.3 is 24.0 Å². The van der Waals surface area contributed by atoms with E-state index in [1.54, 1.807) is 0 Å². The summed E-state index contributed by atoms with van der Waals surface area (Å²) >= 11 is 0. The summed E-state index contributed by atoms with van der Waals surface area (Å²) in [5, 5.41) is 4.62. The molecule has 0 N–H and O–H groups in total. The van der Waals surface area contributed by atoms with Crippen LogP contribution in [0.4, 0.5) is 0 Å². The van der Waals surface area contributed by atoms with Gasteiger partial charge in [0.15, 0.2) is 0 Å². The maximum absolute atomic E-state index is 4.62. The molecule has 0 unspecified atom stereocenters. The summed E-state index contributed by atoms with van der Waals surface area (Å²) in [6.07, 6.45) is 6.55. The van der Waals surface area contributed by atoms with Crippen molar-refractivity contribution >= 4 is 5.71 Å². The van der Waals surface area contributed by atoms with E-state index in [1.807, 2.05) is 0 Å². The minimum absolute atomic E-state index is 0. The number of halogens is 1. The Morgan fingerprint density at radius 2 is 1.50 bits per heavy atom. The second-order valence-electron chi connectivity index (χ2n) is 4.17. The molecule has 0 radical (unpaired) electrons. The van der Waals surface area contributed by atoms with Crippen molar-refractivity contribution in [1.82, 2.24) is 0 Å². The lowest BCUT2D eigenvalue weighted by atomic mass is 9.99. The van der Waals surface area contributed by atoms with Gasteiger partial charge in [-0.05, 0) is 25.7 Å². The van der Waals surface area contributed by atoms with E-state index in [2.05, 4.69) is 26.2 Å². The molecule has 0 bridgehead atoms. The second-order valence-corrected chi connectivity index (χ2v) is 4.17. The van der Waals surface area contributed by atoms with Crippen LogP contribution in [0.5, 0.6) is 0 Å². The molecule has 72 valence electrons. The van der Waals surface area contributed by atoms with Gasteiger partial charge in [0.05, 0.1) is 26.9 Å². The van der Waals surface area contributed by atoms with E-state index in [4.69, 9.17) is 0 Å². The summed E-state index contributed by atoms with van der Waals surface area (Å²) in [6, 6.07) is 0. The zero-order valence-electron chi connectivity index (χ0n) is 8.31. The molecule has 0 aromatic carbocycles. The molecule has 0 spiro atoms. The van der Waals surface area contributed by atoms with Crippen molar-refractivity contribution < 1.29 is 28.6 Å². The van der Waals surface area contributed by atoms with E-state index >= 15 is 0 Å². The first-order valence-corrected chi connectivity index (χ1v) is 4.47. The average Bonchev–Trinajstić information content (AvgIpc) is 1.85. The van der Waals surface area contributed by atoms with Gasteiger partial charge in [-0.15, -0.1) is 0 Å². The molecule has 0 aromatic rings. The number of hydrogen-bond acceptors (Lipinski definition) is 1. The SMILES string of the molecule is C[N+](C)(C)N=C1CCCCC1.[I-]. The van der Waals surface area contributed by atoms with Crippen molar-refractivity contribution in [3.05, 3.63) is 0 Å². The van der Waals surface area contributed by atoms with Crippen LogP contribution in [0.25, 0.3) is 0 Å². The fourth-order valence-electron chi connectivity index (χ4n) is 1.48. The maximum Gasteiger partial charge on any atom is 0.0923 e. The second kappa shape index (κ2) is 5.17. The molecular formula is C9H19IN2. The summed E-state index contributed by atoms with van der Waals surface area (Å²) in [5.41, 5.74) is 1.42. The van der Waals surface area contributed by atoms with Crippen LogP contribution in [0.15, 0.2) is 5.10 Å². The largest absolute Gasteiger partial charge is 1.00 e. The van der Waals surface area contributed by atoms with Gasteiger partial charge in [-0.2, -0.15) is 0 Å². The van der Waals surface area contributed by atoms with Crippen molar-refractivity contribution in [2.24, 2.45) is 5.10 Å². The Balaban J connectivity index is 0.00000121. The fourth-order valence-corrected chi connectivity index (χ4v) is 1.48. The predicted molar refractivity (Wildman–Crippen MR) is 48.6 cm³/mol. The summed E-state index contributed by atoms with van der Waals surface area (Å²) < 4.78 is 0.731. The molecule has 3 heteroatoms. The topological polar surface area (TPSA) is 12.4 Å². The Labute approximate surface area is 92.6 Å². The highest BCUT2D eigenvalue weighted by atomic mass is 127.